The lowest BCUT2D eigenvalue weighted by atomic mass is 10.1. The molecule has 0 saturated carbocycles. The first-order valence-electron chi connectivity index (χ1n) is 6.20. The minimum atomic E-state index is 0.648. The number of nitrogens with two attached hydrogens (primary N) is 1. The second-order valence-corrected chi connectivity index (χ2v) is 5.96. The molecule has 3 heterocycles. The van der Waals surface area contributed by atoms with Crippen LogP contribution in [0.4, 0.5) is 0 Å². The Kier molecular flexibility index (Phi) is 2.45. The maximum absolute atomic E-state index is 6.17. The molecule has 20 heavy (non-hydrogen) atoms. The summed E-state index contributed by atoms with van der Waals surface area (Å²) in [5.41, 5.74) is 4.12. The number of hydrogen-bond donors (Lipinski definition) is 1. The number of nitrogens with zero attached hydrogens (tertiary/aromatic N) is 2. The van der Waals surface area contributed by atoms with Gasteiger partial charge in [-0.15, -0.1) is 11.3 Å². The Bertz CT molecular complexity index is 977. The Morgan fingerprint density at radius 1 is 1.05 bits per heavy atom. The number of thiophene rings is 1. The van der Waals surface area contributed by atoms with Crippen LogP contribution in [-0.2, 0) is 0 Å². The van der Waals surface area contributed by atoms with E-state index in [1.54, 1.807) is 16.0 Å². The maximum Gasteiger partial charge on any atom is 0.149 e. The molecule has 2 N–H and O–H groups in total. The molecule has 4 rings (SSSR count). The average Bonchev–Trinajstić information content (AvgIpc) is 3.05. The van der Waals surface area contributed by atoms with E-state index in [2.05, 4.69) is 28.1 Å². The van der Waals surface area contributed by atoms with E-state index in [0.29, 0.717) is 4.64 Å². The van der Waals surface area contributed by atoms with E-state index in [0.717, 1.165) is 16.8 Å². The first kappa shape index (κ1) is 11.7. The minimum absolute atomic E-state index is 0.648. The highest BCUT2D eigenvalue weighted by Crippen LogP contribution is 2.28. The molecular formula is C15H11N3S2. The van der Waals surface area contributed by atoms with Gasteiger partial charge in [0.05, 0.1) is 21.4 Å². The molecule has 5 heteroatoms. The van der Waals surface area contributed by atoms with E-state index in [1.165, 1.54) is 10.2 Å². The third-order valence-corrected chi connectivity index (χ3v) is 4.74. The monoisotopic (exact) mass is 297 g/mol. The fourth-order valence-electron chi connectivity index (χ4n) is 2.49. The van der Waals surface area contributed by atoms with Crippen LogP contribution in [0.3, 0.4) is 0 Å². The van der Waals surface area contributed by atoms with Gasteiger partial charge in [0, 0.05) is 11.8 Å². The molecule has 1 aromatic carbocycles. The van der Waals surface area contributed by atoms with Crippen LogP contribution in [0.2, 0.25) is 0 Å². The molecule has 98 valence electrons. The SMILES string of the molecule is Nn1c(-c2ccccc2)cn2c(cc3sccc32)c1=S. The molecule has 0 aliphatic heterocycles. The number of hydrogen-bond acceptors (Lipinski definition) is 3. The van der Waals surface area contributed by atoms with Crippen molar-refractivity contribution < 1.29 is 0 Å². The van der Waals surface area contributed by atoms with Crippen molar-refractivity contribution in [3.63, 3.8) is 0 Å². The maximum atomic E-state index is 6.17. The second kappa shape index (κ2) is 4.19. The fraction of sp³-hybridized carbons (Fsp3) is 0. The van der Waals surface area contributed by atoms with E-state index in [9.17, 15) is 0 Å². The third-order valence-electron chi connectivity index (χ3n) is 3.48. The lowest BCUT2D eigenvalue weighted by Crippen LogP contribution is -2.14. The first-order valence-corrected chi connectivity index (χ1v) is 7.49. The predicted octanol–water partition coefficient (Wildman–Crippen LogP) is 4.07. The number of rotatable bonds is 1. The predicted molar refractivity (Wildman–Crippen MR) is 87.2 cm³/mol. The van der Waals surface area contributed by atoms with Crippen LogP contribution in [0.1, 0.15) is 0 Å². The standard InChI is InChI=1S/C15H11N3S2/c16-18-13(10-4-2-1-3-5-10)9-17-11-6-7-20-14(11)8-12(17)15(18)19/h1-9H,16H2. The van der Waals surface area contributed by atoms with E-state index >= 15 is 0 Å². The Balaban J connectivity index is 2.16. The van der Waals surface area contributed by atoms with Gasteiger partial charge >= 0.3 is 0 Å². The molecule has 0 bridgehead atoms. The van der Waals surface area contributed by atoms with Gasteiger partial charge in [-0.25, -0.2) is 4.68 Å². The van der Waals surface area contributed by atoms with Crippen LogP contribution in [0.25, 0.3) is 27.0 Å². The van der Waals surface area contributed by atoms with Gasteiger partial charge in [-0.2, -0.15) is 0 Å². The summed E-state index contributed by atoms with van der Waals surface area (Å²) < 4.78 is 5.58. The fourth-order valence-corrected chi connectivity index (χ4v) is 3.55. The van der Waals surface area contributed by atoms with Crippen molar-refractivity contribution in [2.24, 2.45) is 0 Å². The molecule has 0 saturated heterocycles. The van der Waals surface area contributed by atoms with Crippen molar-refractivity contribution in [3.05, 3.63) is 58.7 Å². The lowest BCUT2D eigenvalue weighted by molar-refractivity contribution is 0.959. The van der Waals surface area contributed by atoms with Gasteiger partial charge in [0.15, 0.2) is 0 Å². The van der Waals surface area contributed by atoms with Gasteiger partial charge in [-0.05, 0) is 17.5 Å². The zero-order valence-corrected chi connectivity index (χ0v) is 12.1. The Labute approximate surface area is 124 Å². The molecule has 0 fully saturated rings. The van der Waals surface area contributed by atoms with Gasteiger partial charge in [0.1, 0.15) is 4.64 Å². The first-order chi connectivity index (χ1) is 9.75. The quantitative estimate of drug-likeness (QED) is 0.425. The summed E-state index contributed by atoms with van der Waals surface area (Å²) in [6.07, 6.45) is 2.05. The van der Waals surface area contributed by atoms with Crippen LogP contribution in [-0.4, -0.2) is 9.08 Å². The van der Waals surface area contributed by atoms with Crippen LogP contribution < -0.4 is 5.84 Å². The molecule has 0 spiro atoms. The number of benzene rings is 1. The van der Waals surface area contributed by atoms with Gasteiger partial charge in [-0.1, -0.05) is 42.5 Å². The molecule has 0 aliphatic carbocycles. The Hall–Kier alpha value is -2.11. The molecule has 0 radical (unpaired) electrons. The van der Waals surface area contributed by atoms with Crippen LogP contribution in [0.5, 0.6) is 0 Å². The molecule has 3 nitrogen and oxygen atoms in total. The van der Waals surface area contributed by atoms with E-state index in [4.69, 9.17) is 18.1 Å². The number of aromatic nitrogens is 2. The average molecular weight is 297 g/mol. The molecule has 3 aromatic heterocycles. The summed E-state index contributed by atoms with van der Waals surface area (Å²) in [6, 6.07) is 14.3. The highest BCUT2D eigenvalue weighted by molar-refractivity contribution is 7.71. The summed E-state index contributed by atoms with van der Waals surface area (Å²) >= 11 is 7.22. The number of fused-ring (bicyclic) bond motifs is 3. The molecule has 0 unspecified atom stereocenters. The lowest BCUT2D eigenvalue weighted by Gasteiger charge is -2.11. The van der Waals surface area contributed by atoms with E-state index < -0.39 is 0 Å². The van der Waals surface area contributed by atoms with Crippen molar-refractivity contribution in [1.82, 2.24) is 9.08 Å². The molecule has 0 amide bonds. The highest BCUT2D eigenvalue weighted by atomic mass is 32.1. The molecule has 0 aliphatic rings. The summed E-state index contributed by atoms with van der Waals surface area (Å²) in [6.45, 7) is 0. The van der Waals surface area contributed by atoms with Crippen LogP contribution >= 0.6 is 23.6 Å². The van der Waals surface area contributed by atoms with E-state index in [-0.39, 0.29) is 0 Å². The van der Waals surface area contributed by atoms with Crippen molar-refractivity contribution in [3.8, 4) is 11.3 Å². The molecule has 0 atom stereocenters. The molecule has 4 aromatic rings. The zero-order valence-electron chi connectivity index (χ0n) is 10.5. The van der Waals surface area contributed by atoms with Crippen molar-refractivity contribution in [2.45, 2.75) is 0 Å². The zero-order chi connectivity index (χ0) is 13.7. The smallest absolute Gasteiger partial charge is 0.149 e. The minimum Gasteiger partial charge on any atom is -0.338 e. The highest BCUT2D eigenvalue weighted by Gasteiger charge is 2.10. The Morgan fingerprint density at radius 3 is 2.65 bits per heavy atom. The summed E-state index contributed by atoms with van der Waals surface area (Å²) in [7, 11) is 0. The van der Waals surface area contributed by atoms with Gasteiger partial charge < -0.3 is 10.2 Å². The number of nitrogen functional groups attached to an aromatic ring is 1. The van der Waals surface area contributed by atoms with Crippen molar-refractivity contribution >= 4 is 39.3 Å². The van der Waals surface area contributed by atoms with E-state index in [1.807, 2.05) is 30.3 Å². The van der Waals surface area contributed by atoms with Gasteiger partial charge in [0.25, 0.3) is 0 Å². The van der Waals surface area contributed by atoms with Crippen LogP contribution in [0.15, 0.2) is 54.0 Å². The normalized spacial score (nSPS) is 11.4. The molecular weight excluding hydrogens is 286 g/mol. The summed E-state index contributed by atoms with van der Waals surface area (Å²) in [5, 5.41) is 2.09. The van der Waals surface area contributed by atoms with Gasteiger partial charge in [0.2, 0.25) is 0 Å². The second-order valence-electron chi connectivity index (χ2n) is 4.63. The van der Waals surface area contributed by atoms with Gasteiger partial charge in [-0.3, -0.25) is 0 Å². The summed E-state index contributed by atoms with van der Waals surface area (Å²) in [5.74, 6) is 6.17. The Morgan fingerprint density at radius 2 is 1.85 bits per heavy atom. The van der Waals surface area contributed by atoms with Crippen molar-refractivity contribution in [1.29, 1.82) is 0 Å². The largest absolute Gasteiger partial charge is 0.338 e. The topological polar surface area (TPSA) is 35.4 Å². The third kappa shape index (κ3) is 1.54. The summed E-state index contributed by atoms with van der Waals surface area (Å²) in [4.78, 5) is 0. The van der Waals surface area contributed by atoms with Crippen LogP contribution in [0, 0.1) is 4.64 Å². The van der Waals surface area contributed by atoms with Crippen molar-refractivity contribution in [2.75, 3.05) is 5.84 Å².